The standard InChI is InChI=1S/C16H13ClN2O4S/c1-2-11-18(12-13-7-3-4-8-14(13)17)24(22,23)16-10-6-5-9-15(16)19(20)21/h1,3-10H,11-12H2. The van der Waals surface area contributed by atoms with E-state index in [1.165, 1.54) is 18.2 Å². The summed E-state index contributed by atoms with van der Waals surface area (Å²) in [6.45, 7) is -0.322. The summed E-state index contributed by atoms with van der Waals surface area (Å²) < 4.78 is 26.7. The van der Waals surface area contributed by atoms with Gasteiger partial charge in [0, 0.05) is 17.6 Å². The molecule has 0 aliphatic heterocycles. The smallest absolute Gasteiger partial charge is 0.258 e. The topological polar surface area (TPSA) is 80.5 Å². The lowest BCUT2D eigenvalue weighted by atomic mass is 10.2. The van der Waals surface area contributed by atoms with Crippen LogP contribution < -0.4 is 0 Å². The largest absolute Gasteiger partial charge is 0.289 e. The second-order valence-electron chi connectivity index (χ2n) is 4.79. The van der Waals surface area contributed by atoms with Crippen LogP contribution in [0.1, 0.15) is 5.56 Å². The number of sulfonamides is 1. The highest BCUT2D eigenvalue weighted by atomic mass is 35.5. The molecule has 6 nitrogen and oxygen atoms in total. The molecule has 0 aliphatic rings. The third kappa shape index (κ3) is 3.74. The molecule has 8 heteroatoms. The van der Waals surface area contributed by atoms with E-state index in [1.807, 2.05) is 0 Å². The fourth-order valence-electron chi connectivity index (χ4n) is 2.11. The summed E-state index contributed by atoms with van der Waals surface area (Å²) in [6, 6.07) is 11.9. The molecule has 0 saturated carbocycles. The fraction of sp³-hybridized carbons (Fsp3) is 0.125. The minimum absolute atomic E-state index is 0.0851. The molecule has 0 unspecified atom stereocenters. The predicted molar refractivity (Wildman–Crippen MR) is 91.0 cm³/mol. The van der Waals surface area contributed by atoms with Gasteiger partial charge in [-0.2, -0.15) is 4.31 Å². The van der Waals surface area contributed by atoms with E-state index >= 15 is 0 Å². The van der Waals surface area contributed by atoms with Crippen molar-refractivity contribution in [2.75, 3.05) is 6.54 Å². The van der Waals surface area contributed by atoms with E-state index in [1.54, 1.807) is 24.3 Å². The molecule has 0 N–H and O–H groups in total. The van der Waals surface area contributed by atoms with Gasteiger partial charge in [0.1, 0.15) is 0 Å². The summed E-state index contributed by atoms with van der Waals surface area (Å²) >= 11 is 6.06. The first-order valence-electron chi connectivity index (χ1n) is 6.78. The number of nitro groups is 1. The van der Waals surface area contributed by atoms with Crippen LogP contribution >= 0.6 is 11.6 Å². The van der Waals surface area contributed by atoms with Crippen molar-refractivity contribution in [3.8, 4) is 12.3 Å². The molecule has 0 aromatic heterocycles. The van der Waals surface area contributed by atoms with Crippen LogP contribution in [0.3, 0.4) is 0 Å². The van der Waals surface area contributed by atoms with Gasteiger partial charge in [-0.1, -0.05) is 47.9 Å². The van der Waals surface area contributed by atoms with E-state index in [0.717, 1.165) is 10.4 Å². The Balaban J connectivity index is 2.49. The zero-order valence-electron chi connectivity index (χ0n) is 12.4. The van der Waals surface area contributed by atoms with Gasteiger partial charge < -0.3 is 0 Å². The third-order valence-electron chi connectivity index (χ3n) is 3.25. The number of para-hydroxylation sites is 1. The van der Waals surface area contributed by atoms with Crippen LogP contribution in [0.15, 0.2) is 53.4 Å². The number of nitrogens with zero attached hydrogens (tertiary/aromatic N) is 2. The molecule has 0 heterocycles. The fourth-order valence-corrected chi connectivity index (χ4v) is 3.79. The first-order chi connectivity index (χ1) is 11.4. The maximum Gasteiger partial charge on any atom is 0.289 e. The van der Waals surface area contributed by atoms with Gasteiger partial charge in [0.2, 0.25) is 0 Å². The Hall–Kier alpha value is -2.40. The van der Waals surface area contributed by atoms with Crippen LogP contribution in [-0.4, -0.2) is 24.2 Å². The van der Waals surface area contributed by atoms with Crippen molar-refractivity contribution >= 4 is 27.3 Å². The second-order valence-corrected chi connectivity index (χ2v) is 7.11. The maximum absolute atomic E-state index is 12.8. The van der Waals surface area contributed by atoms with Crippen molar-refractivity contribution in [3.63, 3.8) is 0 Å². The lowest BCUT2D eigenvalue weighted by Gasteiger charge is -2.20. The molecular formula is C16H13ClN2O4S. The monoisotopic (exact) mass is 364 g/mol. The van der Waals surface area contributed by atoms with Crippen LogP contribution in [0, 0.1) is 22.5 Å². The lowest BCUT2D eigenvalue weighted by molar-refractivity contribution is -0.387. The minimum Gasteiger partial charge on any atom is -0.258 e. The van der Waals surface area contributed by atoms with Gasteiger partial charge >= 0.3 is 0 Å². The molecular weight excluding hydrogens is 352 g/mol. The number of rotatable bonds is 6. The number of nitro benzene ring substituents is 1. The van der Waals surface area contributed by atoms with Crippen molar-refractivity contribution in [3.05, 3.63) is 69.2 Å². The molecule has 0 fully saturated rings. The molecule has 0 amide bonds. The molecule has 124 valence electrons. The number of hydrogen-bond acceptors (Lipinski definition) is 4. The molecule has 2 rings (SSSR count). The summed E-state index contributed by atoms with van der Waals surface area (Å²) in [7, 11) is -4.16. The Morgan fingerprint density at radius 3 is 2.42 bits per heavy atom. The van der Waals surface area contributed by atoms with Crippen LogP contribution in [0.2, 0.25) is 5.02 Å². The van der Waals surface area contributed by atoms with E-state index in [0.29, 0.717) is 10.6 Å². The van der Waals surface area contributed by atoms with Crippen molar-refractivity contribution < 1.29 is 13.3 Å². The van der Waals surface area contributed by atoms with Gasteiger partial charge in [0.05, 0.1) is 11.5 Å². The molecule has 0 aliphatic carbocycles. The third-order valence-corrected chi connectivity index (χ3v) is 5.46. The molecule has 2 aromatic carbocycles. The van der Waals surface area contributed by atoms with Gasteiger partial charge in [-0.3, -0.25) is 10.1 Å². The molecule has 0 saturated heterocycles. The van der Waals surface area contributed by atoms with Crippen LogP contribution in [0.25, 0.3) is 0 Å². The zero-order chi connectivity index (χ0) is 17.7. The molecule has 0 radical (unpaired) electrons. The minimum atomic E-state index is -4.16. The first-order valence-corrected chi connectivity index (χ1v) is 8.60. The highest BCUT2D eigenvalue weighted by Crippen LogP contribution is 2.28. The van der Waals surface area contributed by atoms with E-state index in [9.17, 15) is 18.5 Å². The Labute approximate surface area is 144 Å². The van der Waals surface area contributed by atoms with E-state index < -0.39 is 25.5 Å². The SMILES string of the molecule is C#CCN(Cc1ccccc1Cl)S(=O)(=O)c1ccccc1[N+](=O)[O-]. The predicted octanol–water partition coefficient (Wildman–Crippen LogP) is 3.07. The Bertz CT molecular complexity index is 906. The highest BCUT2D eigenvalue weighted by Gasteiger charge is 2.31. The average Bonchev–Trinajstić information content (AvgIpc) is 2.56. The summed E-state index contributed by atoms with van der Waals surface area (Å²) in [5, 5.41) is 11.5. The lowest BCUT2D eigenvalue weighted by Crippen LogP contribution is -2.31. The Kier molecular flexibility index (Phi) is 5.57. The summed E-state index contributed by atoms with van der Waals surface area (Å²) in [5.74, 6) is 2.27. The Morgan fingerprint density at radius 1 is 1.17 bits per heavy atom. The van der Waals surface area contributed by atoms with E-state index in [4.69, 9.17) is 18.0 Å². The second kappa shape index (κ2) is 7.45. The summed E-state index contributed by atoms with van der Waals surface area (Å²) in [4.78, 5) is 9.98. The normalized spacial score (nSPS) is 11.2. The molecule has 24 heavy (non-hydrogen) atoms. The Morgan fingerprint density at radius 2 is 1.79 bits per heavy atom. The van der Waals surface area contributed by atoms with Crippen LogP contribution in [-0.2, 0) is 16.6 Å². The number of hydrogen-bond donors (Lipinski definition) is 0. The first kappa shape index (κ1) is 17.9. The van der Waals surface area contributed by atoms with Crippen molar-refractivity contribution in [1.82, 2.24) is 4.31 Å². The van der Waals surface area contributed by atoms with Crippen molar-refractivity contribution in [2.45, 2.75) is 11.4 Å². The van der Waals surface area contributed by atoms with Gasteiger partial charge in [0.25, 0.3) is 15.7 Å². The van der Waals surface area contributed by atoms with Gasteiger partial charge in [-0.25, -0.2) is 8.42 Å². The average molecular weight is 365 g/mol. The summed E-state index contributed by atoms with van der Waals surface area (Å²) in [6.07, 6.45) is 5.27. The summed E-state index contributed by atoms with van der Waals surface area (Å²) in [5.41, 5.74) is 0.0512. The van der Waals surface area contributed by atoms with Crippen molar-refractivity contribution in [1.29, 1.82) is 0 Å². The zero-order valence-corrected chi connectivity index (χ0v) is 14.0. The van der Waals surface area contributed by atoms with E-state index in [2.05, 4.69) is 5.92 Å². The number of benzene rings is 2. The van der Waals surface area contributed by atoms with Gasteiger partial charge in [-0.05, 0) is 17.7 Å². The quantitative estimate of drug-likeness (QED) is 0.448. The molecule has 0 atom stereocenters. The molecule has 0 bridgehead atoms. The highest BCUT2D eigenvalue weighted by molar-refractivity contribution is 7.89. The van der Waals surface area contributed by atoms with Crippen LogP contribution in [0.4, 0.5) is 5.69 Å². The van der Waals surface area contributed by atoms with Gasteiger partial charge in [-0.15, -0.1) is 6.42 Å². The molecule has 2 aromatic rings. The van der Waals surface area contributed by atoms with Crippen LogP contribution in [0.5, 0.6) is 0 Å². The number of halogens is 1. The van der Waals surface area contributed by atoms with Gasteiger partial charge in [0.15, 0.2) is 4.90 Å². The maximum atomic E-state index is 12.8. The van der Waals surface area contributed by atoms with Crippen molar-refractivity contribution in [2.24, 2.45) is 0 Å². The van der Waals surface area contributed by atoms with E-state index in [-0.39, 0.29) is 13.1 Å². The molecule has 0 spiro atoms. The number of terminal acetylenes is 1.